The Morgan fingerprint density at radius 2 is 2.03 bits per heavy atom. The Balaban J connectivity index is 2.71. The smallest absolute Gasteiger partial charge is 0.318 e. The number of carbonyl (C=O) groups is 3. The Bertz CT molecular complexity index is 755. The van der Waals surface area contributed by atoms with E-state index in [4.69, 9.17) is 20.2 Å². The van der Waals surface area contributed by atoms with Gasteiger partial charge in [0.05, 0.1) is 24.8 Å². The van der Waals surface area contributed by atoms with Crippen LogP contribution in [0, 0.1) is 12.3 Å². The lowest BCUT2D eigenvalue weighted by molar-refractivity contribution is -0.121. The predicted octanol–water partition coefficient (Wildman–Crippen LogP) is 1.61. The lowest BCUT2D eigenvalue weighted by atomic mass is 10.1. The molecule has 31 heavy (non-hydrogen) atoms. The Hall–Kier alpha value is -2.76. The number of carbonyl (C=O) groups excluding carboxylic acids is 3. The van der Waals surface area contributed by atoms with Gasteiger partial charge in [-0.1, -0.05) is 24.1 Å². The number of nitrogens with zero attached hydrogens (tertiary/aromatic N) is 1. The third-order valence-electron chi connectivity index (χ3n) is 3.99. The van der Waals surface area contributed by atoms with E-state index < -0.39 is 26.5 Å². The number of terminal acetylenes is 1. The molecule has 2 N–H and O–H groups in total. The molecule has 1 aromatic rings. The van der Waals surface area contributed by atoms with Crippen LogP contribution in [-0.4, -0.2) is 62.5 Å². The molecule has 0 aliphatic carbocycles. The standard InChI is InChI=1S/C21H28N3O6P/c1-5-18(24(3)12-11-21(27)22-16-26)13-20(28-4)15-29-31(23-17(2)14-25)30-19-9-7-6-8-10-19/h1,6-12,14,16-18,20,23H,13,15H2,2-4H3,(H,22,26,27)/b12-11-/t17-,18?,20?,31?/m0/s1. The SMILES string of the molecule is C#CC(CC(COP(N[C@@H](C)C=O)Oc1ccccc1)OC)N(C)/C=C\C(=O)NC=O. The van der Waals surface area contributed by atoms with Crippen LogP contribution in [-0.2, 0) is 23.6 Å². The highest BCUT2D eigenvalue weighted by Gasteiger charge is 2.22. The van der Waals surface area contributed by atoms with Crippen molar-refractivity contribution in [3.8, 4) is 18.1 Å². The van der Waals surface area contributed by atoms with E-state index in [-0.39, 0.29) is 12.7 Å². The van der Waals surface area contributed by atoms with Crippen LogP contribution in [0.1, 0.15) is 13.3 Å². The summed E-state index contributed by atoms with van der Waals surface area (Å²) in [5.41, 5.74) is 0. The van der Waals surface area contributed by atoms with Crippen LogP contribution in [0.3, 0.4) is 0 Å². The maximum Gasteiger partial charge on any atom is 0.318 e. The number of rotatable bonds is 15. The molecule has 0 heterocycles. The Morgan fingerprint density at radius 3 is 2.61 bits per heavy atom. The van der Waals surface area contributed by atoms with Crippen LogP contribution >= 0.6 is 8.53 Å². The number of hydrogen-bond acceptors (Lipinski definition) is 8. The maximum atomic E-state index is 11.4. The largest absolute Gasteiger partial charge is 0.436 e. The zero-order valence-electron chi connectivity index (χ0n) is 17.8. The molecule has 0 aliphatic heterocycles. The molecule has 10 heteroatoms. The number of benzene rings is 1. The molecule has 1 rings (SSSR count). The van der Waals surface area contributed by atoms with Gasteiger partial charge in [0.1, 0.15) is 12.0 Å². The van der Waals surface area contributed by atoms with Crippen molar-refractivity contribution in [2.75, 3.05) is 20.8 Å². The molecule has 3 unspecified atom stereocenters. The van der Waals surface area contributed by atoms with Crippen molar-refractivity contribution in [1.82, 2.24) is 15.3 Å². The Kier molecular flexibility index (Phi) is 12.8. The summed E-state index contributed by atoms with van der Waals surface area (Å²) in [6.45, 7) is 1.86. The van der Waals surface area contributed by atoms with Crippen molar-refractivity contribution >= 4 is 27.1 Å². The quantitative estimate of drug-likeness (QED) is 0.180. The summed E-state index contributed by atoms with van der Waals surface area (Å²) in [6.07, 6.45) is 9.41. The van der Waals surface area contributed by atoms with Crippen LogP contribution in [0.5, 0.6) is 5.75 Å². The topological polar surface area (TPSA) is 106 Å². The average Bonchev–Trinajstić information content (AvgIpc) is 2.78. The molecule has 168 valence electrons. The van der Waals surface area contributed by atoms with Crippen molar-refractivity contribution in [1.29, 1.82) is 0 Å². The molecule has 0 saturated carbocycles. The second kappa shape index (κ2) is 15.1. The highest BCUT2D eigenvalue weighted by Crippen LogP contribution is 2.36. The number of ether oxygens (including phenoxy) is 1. The minimum atomic E-state index is -1.61. The first-order valence-electron chi connectivity index (χ1n) is 9.44. The average molecular weight is 449 g/mol. The molecule has 0 aliphatic rings. The molecule has 0 spiro atoms. The van der Waals surface area contributed by atoms with Crippen molar-refractivity contribution in [2.45, 2.75) is 31.5 Å². The molecule has 4 atom stereocenters. The van der Waals surface area contributed by atoms with E-state index in [9.17, 15) is 14.4 Å². The molecule has 0 radical (unpaired) electrons. The van der Waals surface area contributed by atoms with Crippen molar-refractivity contribution in [3.05, 3.63) is 42.6 Å². The van der Waals surface area contributed by atoms with Gasteiger partial charge in [-0.3, -0.25) is 14.9 Å². The number of para-hydroxylation sites is 1. The minimum Gasteiger partial charge on any atom is -0.436 e. The maximum absolute atomic E-state index is 11.4. The van der Waals surface area contributed by atoms with Gasteiger partial charge in [-0.2, -0.15) is 0 Å². The van der Waals surface area contributed by atoms with Gasteiger partial charge >= 0.3 is 8.53 Å². The summed E-state index contributed by atoms with van der Waals surface area (Å²) in [5.74, 6) is 2.69. The minimum absolute atomic E-state index is 0.162. The summed E-state index contributed by atoms with van der Waals surface area (Å²) in [7, 11) is 1.64. The fourth-order valence-electron chi connectivity index (χ4n) is 2.24. The van der Waals surface area contributed by atoms with Gasteiger partial charge in [0.25, 0.3) is 5.91 Å². The van der Waals surface area contributed by atoms with Gasteiger partial charge in [0.15, 0.2) is 0 Å². The molecular formula is C21H28N3O6P. The van der Waals surface area contributed by atoms with Crippen LogP contribution in [0.25, 0.3) is 0 Å². The van der Waals surface area contributed by atoms with Gasteiger partial charge in [0, 0.05) is 32.9 Å². The van der Waals surface area contributed by atoms with E-state index in [1.807, 2.05) is 23.5 Å². The van der Waals surface area contributed by atoms with E-state index >= 15 is 0 Å². The van der Waals surface area contributed by atoms with Gasteiger partial charge in [-0.05, 0) is 19.1 Å². The zero-order valence-corrected chi connectivity index (χ0v) is 18.7. The number of aldehydes is 1. The fraction of sp³-hybridized carbons (Fsp3) is 0.381. The number of nitrogens with one attached hydrogen (secondary N) is 2. The van der Waals surface area contributed by atoms with Gasteiger partial charge in [-0.25, -0.2) is 5.09 Å². The second-order valence-corrected chi connectivity index (χ2v) is 7.61. The molecule has 9 nitrogen and oxygen atoms in total. The summed E-state index contributed by atoms with van der Waals surface area (Å²) in [4.78, 5) is 34.4. The van der Waals surface area contributed by atoms with Crippen LogP contribution < -0.4 is 14.9 Å². The van der Waals surface area contributed by atoms with E-state index in [1.54, 1.807) is 31.0 Å². The van der Waals surface area contributed by atoms with Crippen LogP contribution in [0.4, 0.5) is 0 Å². The third-order valence-corrected chi connectivity index (χ3v) is 5.37. The molecule has 2 amide bonds. The number of hydrogen-bond donors (Lipinski definition) is 2. The predicted molar refractivity (Wildman–Crippen MR) is 118 cm³/mol. The zero-order chi connectivity index (χ0) is 23.1. The van der Waals surface area contributed by atoms with Crippen molar-refractivity contribution in [2.24, 2.45) is 0 Å². The summed E-state index contributed by atoms with van der Waals surface area (Å²) >= 11 is 0. The first-order valence-corrected chi connectivity index (χ1v) is 10.6. The van der Waals surface area contributed by atoms with E-state index in [1.165, 1.54) is 19.4 Å². The van der Waals surface area contributed by atoms with Crippen LogP contribution in [0.2, 0.25) is 0 Å². The molecule has 0 bridgehead atoms. The Morgan fingerprint density at radius 1 is 1.32 bits per heavy atom. The first-order chi connectivity index (χ1) is 14.9. The van der Waals surface area contributed by atoms with Crippen molar-refractivity contribution < 1.29 is 28.2 Å². The third kappa shape index (κ3) is 10.7. The van der Waals surface area contributed by atoms with Crippen molar-refractivity contribution in [3.63, 3.8) is 0 Å². The Labute approximate surface area is 184 Å². The molecule has 0 saturated heterocycles. The monoisotopic (exact) mass is 449 g/mol. The second-order valence-electron chi connectivity index (χ2n) is 6.39. The van der Waals surface area contributed by atoms with E-state index in [0.717, 1.165) is 6.29 Å². The number of amides is 2. The number of imide groups is 1. The van der Waals surface area contributed by atoms with Gasteiger partial charge < -0.3 is 23.5 Å². The highest BCUT2D eigenvalue weighted by atomic mass is 31.2. The molecule has 0 aromatic heterocycles. The summed E-state index contributed by atoms with van der Waals surface area (Å²) in [5, 5.41) is 5.00. The first kappa shape index (κ1) is 26.3. The fourth-order valence-corrected chi connectivity index (χ4v) is 3.43. The normalized spacial score (nSPS) is 14.6. The van der Waals surface area contributed by atoms with E-state index in [2.05, 4.69) is 11.0 Å². The summed E-state index contributed by atoms with van der Waals surface area (Å²) < 4.78 is 17.2. The highest BCUT2D eigenvalue weighted by molar-refractivity contribution is 7.45. The summed E-state index contributed by atoms with van der Waals surface area (Å²) in [6, 6.07) is 8.26. The molecule has 0 fully saturated rings. The van der Waals surface area contributed by atoms with Gasteiger partial charge in [-0.15, -0.1) is 6.42 Å². The molecule has 1 aromatic carbocycles. The van der Waals surface area contributed by atoms with Gasteiger partial charge in [0.2, 0.25) is 6.41 Å². The lowest BCUT2D eigenvalue weighted by Gasteiger charge is -2.27. The molecular weight excluding hydrogens is 421 g/mol. The lowest BCUT2D eigenvalue weighted by Crippen LogP contribution is -2.33. The number of methoxy groups -OCH3 is 1. The van der Waals surface area contributed by atoms with E-state index in [0.29, 0.717) is 18.6 Å². The van der Waals surface area contributed by atoms with Crippen LogP contribution in [0.15, 0.2) is 42.6 Å².